The maximum absolute atomic E-state index is 3.37. The molecule has 80 valence electrons. The summed E-state index contributed by atoms with van der Waals surface area (Å²) in [6.07, 6.45) is 2.15. The zero-order valence-electron chi connectivity index (χ0n) is 9.50. The maximum Gasteiger partial charge on any atom is 0.0486 e. The van der Waals surface area contributed by atoms with Gasteiger partial charge in [-0.15, -0.1) is 0 Å². The fourth-order valence-electron chi connectivity index (χ4n) is 1.74. The van der Waals surface area contributed by atoms with Gasteiger partial charge in [-0.2, -0.15) is 11.8 Å². The van der Waals surface area contributed by atoms with Gasteiger partial charge in [-0.3, -0.25) is 0 Å². The number of thioether (sulfide) groups is 1. The van der Waals surface area contributed by atoms with E-state index in [1.165, 1.54) is 22.0 Å². The second kappa shape index (κ2) is 4.31. The third-order valence-electron chi connectivity index (χ3n) is 2.58. The standard InChI is InChI=1S/C13H17NS/c1-9(2)15-8-11-7-14-13-10(3)5-4-6-12(11)13/h4-7,9,14H,8H2,1-3H3. The lowest BCUT2D eigenvalue weighted by atomic mass is 10.1. The highest BCUT2D eigenvalue weighted by atomic mass is 32.2. The molecule has 0 bridgehead atoms. The Hall–Kier alpha value is -0.890. The van der Waals surface area contributed by atoms with E-state index in [4.69, 9.17) is 0 Å². The van der Waals surface area contributed by atoms with Crippen molar-refractivity contribution in [3.63, 3.8) is 0 Å². The minimum atomic E-state index is 0.694. The molecule has 2 aromatic rings. The lowest BCUT2D eigenvalue weighted by molar-refractivity contribution is 1.11. The molecule has 0 amide bonds. The molecule has 0 aliphatic heterocycles. The van der Waals surface area contributed by atoms with Crippen molar-refractivity contribution in [1.82, 2.24) is 4.98 Å². The van der Waals surface area contributed by atoms with Crippen molar-refractivity contribution >= 4 is 22.7 Å². The Kier molecular flexibility index (Phi) is 3.06. The highest BCUT2D eigenvalue weighted by molar-refractivity contribution is 7.99. The predicted octanol–water partition coefficient (Wildman–Crippen LogP) is 4.12. The predicted molar refractivity (Wildman–Crippen MR) is 69.5 cm³/mol. The monoisotopic (exact) mass is 219 g/mol. The van der Waals surface area contributed by atoms with Gasteiger partial charge in [0, 0.05) is 22.9 Å². The summed E-state index contributed by atoms with van der Waals surface area (Å²) in [5.41, 5.74) is 4.04. The summed E-state index contributed by atoms with van der Waals surface area (Å²) < 4.78 is 0. The smallest absolute Gasteiger partial charge is 0.0486 e. The quantitative estimate of drug-likeness (QED) is 0.821. The van der Waals surface area contributed by atoms with Crippen LogP contribution in [0.15, 0.2) is 24.4 Å². The van der Waals surface area contributed by atoms with Crippen LogP contribution in [0.3, 0.4) is 0 Å². The van der Waals surface area contributed by atoms with Crippen molar-refractivity contribution in [1.29, 1.82) is 0 Å². The normalized spacial score (nSPS) is 11.5. The van der Waals surface area contributed by atoms with Crippen LogP contribution in [0.4, 0.5) is 0 Å². The molecule has 0 saturated heterocycles. The van der Waals surface area contributed by atoms with Gasteiger partial charge in [-0.25, -0.2) is 0 Å². The molecule has 0 spiro atoms. The molecule has 1 heterocycles. The number of fused-ring (bicyclic) bond motifs is 1. The van der Waals surface area contributed by atoms with Crippen molar-refractivity contribution in [2.75, 3.05) is 0 Å². The van der Waals surface area contributed by atoms with Crippen molar-refractivity contribution in [3.8, 4) is 0 Å². The minimum Gasteiger partial charge on any atom is -0.361 e. The van der Waals surface area contributed by atoms with Gasteiger partial charge < -0.3 is 4.98 Å². The van der Waals surface area contributed by atoms with Crippen LogP contribution < -0.4 is 0 Å². The molecule has 1 nitrogen and oxygen atoms in total. The van der Waals surface area contributed by atoms with Gasteiger partial charge in [0.15, 0.2) is 0 Å². The zero-order valence-corrected chi connectivity index (χ0v) is 10.3. The maximum atomic E-state index is 3.37. The lowest BCUT2D eigenvalue weighted by Crippen LogP contribution is -1.87. The average molecular weight is 219 g/mol. The van der Waals surface area contributed by atoms with E-state index >= 15 is 0 Å². The molecule has 2 heteroatoms. The molecule has 1 N–H and O–H groups in total. The zero-order chi connectivity index (χ0) is 10.8. The largest absolute Gasteiger partial charge is 0.361 e. The van der Waals surface area contributed by atoms with E-state index in [1.54, 1.807) is 0 Å². The number of aromatic nitrogens is 1. The van der Waals surface area contributed by atoms with E-state index in [1.807, 2.05) is 11.8 Å². The molecule has 0 radical (unpaired) electrons. The number of nitrogens with one attached hydrogen (secondary N) is 1. The SMILES string of the molecule is Cc1cccc2c(CSC(C)C)c[nH]c12. The number of benzene rings is 1. The number of rotatable bonds is 3. The van der Waals surface area contributed by atoms with Crippen LogP contribution in [-0.2, 0) is 5.75 Å². The summed E-state index contributed by atoms with van der Waals surface area (Å²) in [4.78, 5) is 3.37. The van der Waals surface area contributed by atoms with Crippen LogP contribution in [-0.4, -0.2) is 10.2 Å². The van der Waals surface area contributed by atoms with Crippen LogP contribution >= 0.6 is 11.8 Å². The Morgan fingerprint density at radius 2 is 2.13 bits per heavy atom. The lowest BCUT2D eigenvalue weighted by Gasteiger charge is -2.03. The van der Waals surface area contributed by atoms with Crippen molar-refractivity contribution in [3.05, 3.63) is 35.5 Å². The molecule has 15 heavy (non-hydrogen) atoms. The number of aromatic amines is 1. The Labute approximate surface area is 95.3 Å². The average Bonchev–Trinajstić information content (AvgIpc) is 2.59. The van der Waals surface area contributed by atoms with Crippen LogP contribution in [0, 0.1) is 6.92 Å². The van der Waals surface area contributed by atoms with E-state index in [-0.39, 0.29) is 0 Å². The van der Waals surface area contributed by atoms with E-state index in [9.17, 15) is 0 Å². The summed E-state index contributed by atoms with van der Waals surface area (Å²) in [5.74, 6) is 1.10. The molecular formula is C13H17NS. The van der Waals surface area contributed by atoms with E-state index in [0.717, 1.165) is 5.75 Å². The first kappa shape index (κ1) is 10.6. The molecule has 0 aliphatic carbocycles. The van der Waals surface area contributed by atoms with Crippen LogP contribution in [0.1, 0.15) is 25.0 Å². The highest BCUT2D eigenvalue weighted by Gasteiger charge is 2.05. The van der Waals surface area contributed by atoms with Crippen LogP contribution in [0.5, 0.6) is 0 Å². The molecular weight excluding hydrogens is 202 g/mol. The van der Waals surface area contributed by atoms with Crippen molar-refractivity contribution < 1.29 is 0 Å². The number of aryl methyl sites for hydroxylation is 1. The fraction of sp³-hybridized carbons (Fsp3) is 0.385. The second-order valence-corrected chi connectivity index (χ2v) is 5.74. The van der Waals surface area contributed by atoms with Gasteiger partial charge >= 0.3 is 0 Å². The topological polar surface area (TPSA) is 15.8 Å². The molecule has 0 saturated carbocycles. The third kappa shape index (κ3) is 2.20. The Balaban J connectivity index is 2.33. The summed E-state index contributed by atoms with van der Waals surface area (Å²) in [6.45, 7) is 6.63. The molecule has 0 atom stereocenters. The van der Waals surface area contributed by atoms with E-state index < -0.39 is 0 Å². The van der Waals surface area contributed by atoms with Crippen molar-refractivity contribution in [2.24, 2.45) is 0 Å². The number of hydrogen-bond acceptors (Lipinski definition) is 1. The first-order valence-corrected chi connectivity index (χ1v) is 6.40. The molecule has 0 fully saturated rings. The van der Waals surface area contributed by atoms with E-state index in [0.29, 0.717) is 5.25 Å². The Morgan fingerprint density at radius 3 is 2.87 bits per heavy atom. The van der Waals surface area contributed by atoms with Gasteiger partial charge in [-0.05, 0) is 23.3 Å². The van der Waals surface area contributed by atoms with Gasteiger partial charge in [-0.1, -0.05) is 32.0 Å². The van der Waals surface area contributed by atoms with Gasteiger partial charge in [0.25, 0.3) is 0 Å². The second-order valence-electron chi connectivity index (χ2n) is 4.17. The third-order valence-corrected chi connectivity index (χ3v) is 3.73. The first-order valence-electron chi connectivity index (χ1n) is 5.35. The Morgan fingerprint density at radius 1 is 1.33 bits per heavy atom. The molecule has 1 aromatic heterocycles. The Bertz CT molecular complexity index is 457. The molecule has 0 unspecified atom stereocenters. The number of para-hydroxylation sites is 1. The van der Waals surface area contributed by atoms with Gasteiger partial charge in [0.05, 0.1) is 0 Å². The summed E-state index contributed by atoms with van der Waals surface area (Å²) in [6, 6.07) is 6.49. The highest BCUT2D eigenvalue weighted by Crippen LogP contribution is 2.26. The fourth-order valence-corrected chi connectivity index (χ4v) is 2.49. The summed E-state index contributed by atoms with van der Waals surface area (Å²) >= 11 is 1.99. The van der Waals surface area contributed by atoms with Gasteiger partial charge in [0.1, 0.15) is 0 Å². The molecule has 0 aliphatic rings. The first-order chi connectivity index (χ1) is 7.18. The van der Waals surface area contributed by atoms with Crippen LogP contribution in [0.2, 0.25) is 0 Å². The molecule has 2 rings (SSSR count). The van der Waals surface area contributed by atoms with Gasteiger partial charge in [0.2, 0.25) is 0 Å². The molecule has 1 aromatic carbocycles. The van der Waals surface area contributed by atoms with Crippen molar-refractivity contribution in [2.45, 2.75) is 31.8 Å². The minimum absolute atomic E-state index is 0.694. The number of H-pyrrole nitrogens is 1. The van der Waals surface area contributed by atoms with E-state index in [2.05, 4.69) is 50.2 Å². The number of hydrogen-bond donors (Lipinski definition) is 1. The van der Waals surface area contributed by atoms with Crippen LogP contribution in [0.25, 0.3) is 10.9 Å². The summed E-state index contributed by atoms with van der Waals surface area (Å²) in [5, 5.41) is 2.07. The summed E-state index contributed by atoms with van der Waals surface area (Å²) in [7, 11) is 0.